The largest absolute Gasteiger partial charge is 0.282 e. The number of nitrogens with one attached hydrogen (secondary N) is 2. The van der Waals surface area contributed by atoms with E-state index in [9.17, 15) is 0 Å². The Hall–Kier alpha value is -2.27. The predicted octanol–water partition coefficient (Wildman–Crippen LogP) is 3.20. The van der Waals surface area contributed by atoms with Crippen molar-refractivity contribution in [2.75, 3.05) is 0 Å². The zero-order valence-corrected chi connectivity index (χ0v) is 10.2. The molecule has 18 heavy (non-hydrogen) atoms. The molecule has 3 aromatic rings. The lowest BCUT2D eigenvalue weighted by molar-refractivity contribution is 1.08. The molecule has 0 saturated carbocycles. The van der Waals surface area contributed by atoms with Crippen molar-refractivity contribution in [2.45, 2.75) is 0 Å². The number of aromatic amines is 2. The molecule has 0 saturated heterocycles. The molecule has 2 N–H and O–H groups in total. The standard InChI is InChI=1S/C13H10N4S/c18-13-15-12(16-17-13)11-3-1-9(2-4-11)10-5-7-14-8-6-10/h1-8H,(H2,15,16,17,18). The third kappa shape index (κ3) is 2.08. The molecule has 1 aromatic carbocycles. The van der Waals surface area contributed by atoms with Crippen molar-refractivity contribution in [1.82, 2.24) is 20.2 Å². The van der Waals surface area contributed by atoms with Crippen LogP contribution in [0.2, 0.25) is 0 Å². The van der Waals surface area contributed by atoms with Crippen LogP contribution in [0.25, 0.3) is 22.5 Å². The van der Waals surface area contributed by atoms with Gasteiger partial charge in [-0.15, -0.1) is 0 Å². The number of hydrogen-bond donors (Lipinski definition) is 2. The summed E-state index contributed by atoms with van der Waals surface area (Å²) in [5.74, 6) is 0.751. The molecular weight excluding hydrogens is 244 g/mol. The molecular formula is C13H10N4S. The lowest BCUT2D eigenvalue weighted by Gasteiger charge is -2.02. The van der Waals surface area contributed by atoms with Gasteiger partial charge in [-0.2, -0.15) is 4.98 Å². The Labute approximate surface area is 109 Å². The van der Waals surface area contributed by atoms with Crippen LogP contribution in [0.15, 0.2) is 48.8 Å². The number of nitrogens with zero attached hydrogens (tertiary/aromatic N) is 2. The predicted molar refractivity (Wildman–Crippen MR) is 72.4 cm³/mol. The van der Waals surface area contributed by atoms with Gasteiger partial charge in [0, 0.05) is 18.0 Å². The lowest BCUT2D eigenvalue weighted by Crippen LogP contribution is -1.82. The van der Waals surface area contributed by atoms with Crippen molar-refractivity contribution in [2.24, 2.45) is 0 Å². The lowest BCUT2D eigenvalue weighted by atomic mass is 10.1. The minimum Gasteiger partial charge on any atom is -0.282 e. The van der Waals surface area contributed by atoms with Crippen LogP contribution in [0.1, 0.15) is 0 Å². The minimum absolute atomic E-state index is 0.461. The number of hydrogen-bond acceptors (Lipinski definition) is 3. The third-order valence-corrected chi connectivity index (χ3v) is 2.87. The molecule has 3 rings (SSSR count). The van der Waals surface area contributed by atoms with Crippen molar-refractivity contribution in [3.63, 3.8) is 0 Å². The molecule has 2 aromatic heterocycles. The maximum absolute atomic E-state index is 4.93. The highest BCUT2D eigenvalue weighted by atomic mass is 32.1. The highest BCUT2D eigenvalue weighted by molar-refractivity contribution is 7.71. The van der Waals surface area contributed by atoms with E-state index in [1.54, 1.807) is 12.4 Å². The molecule has 0 radical (unpaired) electrons. The van der Waals surface area contributed by atoms with Gasteiger partial charge in [-0.3, -0.25) is 15.2 Å². The summed E-state index contributed by atoms with van der Waals surface area (Å²) < 4.78 is 0.461. The van der Waals surface area contributed by atoms with E-state index in [2.05, 4.69) is 32.3 Å². The number of rotatable bonds is 2. The Morgan fingerprint density at radius 1 is 0.778 bits per heavy atom. The molecule has 0 aliphatic rings. The second kappa shape index (κ2) is 4.54. The molecule has 0 fully saturated rings. The Morgan fingerprint density at radius 3 is 2.00 bits per heavy atom. The molecule has 0 amide bonds. The first kappa shape index (κ1) is 10.9. The first-order valence-corrected chi connectivity index (χ1v) is 5.89. The number of pyridine rings is 1. The van der Waals surface area contributed by atoms with E-state index >= 15 is 0 Å². The maximum atomic E-state index is 4.93. The molecule has 0 aliphatic heterocycles. The highest BCUT2D eigenvalue weighted by Crippen LogP contribution is 2.22. The monoisotopic (exact) mass is 254 g/mol. The molecule has 2 heterocycles. The number of benzene rings is 1. The molecule has 0 spiro atoms. The normalized spacial score (nSPS) is 10.4. The van der Waals surface area contributed by atoms with Gasteiger partial charge >= 0.3 is 0 Å². The Bertz CT molecular complexity index is 698. The van der Waals surface area contributed by atoms with E-state index in [0.717, 1.165) is 22.5 Å². The van der Waals surface area contributed by atoms with Crippen molar-refractivity contribution < 1.29 is 0 Å². The summed E-state index contributed by atoms with van der Waals surface area (Å²) in [4.78, 5) is 8.19. The summed E-state index contributed by atoms with van der Waals surface area (Å²) in [6, 6.07) is 12.1. The topological polar surface area (TPSA) is 57.4 Å². The van der Waals surface area contributed by atoms with Gasteiger partial charge in [-0.05, 0) is 35.5 Å². The van der Waals surface area contributed by atoms with Crippen LogP contribution < -0.4 is 0 Å². The van der Waals surface area contributed by atoms with Crippen LogP contribution in [-0.2, 0) is 0 Å². The Morgan fingerprint density at radius 2 is 1.39 bits per heavy atom. The van der Waals surface area contributed by atoms with E-state index in [1.807, 2.05) is 24.3 Å². The van der Waals surface area contributed by atoms with Gasteiger partial charge in [-0.25, -0.2) is 0 Å². The van der Waals surface area contributed by atoms with E-state index < -0.39 is 0 Å². The molecule has 4 nitrogen and oxygen atoms in total. The van der Waals surface area contributed by atoms with Gasteiger partial charge in [0.25, 0.3) is 0 Å². The fraction of sp³-hybridized carbons (Fsp3) is 0. The fourth-order valence-electron chi connectivity index (χ4n) is 1.77. The molecule has 0 bridgehead atoms. The zero-order chi connectivity index (χ0) is 12.4. The molecule has 0 unspecified atom stereocenters. The van der Waals surface area contributed by atoms with Gasteiger partial charge in [0.2, 0.25) is 4.77 Å². The second-order valence-corrected chi connectivity index (χ2v) is 4.22. The third-order valence-electron chi connectivity index (χ3n) is 2.67. The van der Waals surface area contributed by atoms with Crippen LogP contribution in [-0.4, -0.2) is 20.2 Å². The van der Waals surface area contributed by atoms with Gasteiger partial charge < -0.3 is 0 Å². The summed E-state index contributed by atoms with van der Waals surface area (Å²) in [5.41, 5.74) is 3.29. The molecule has 5 heteroatoms. The summed E-state index contributed by atoms with van der Waals surface area (Å²) in [6.45, 7) is 0. The maximum Gasteiger partial charge on any atom is 0.213 e. The second-order valence-electron chi connectivity index (χ2n) is 3.83. The van der Waals surface area contributed by atoms with E-state index in [4.69, 9.17) is 12.2 Å². The summed E-state index contributed by atoms with van der Waals surface area (Å²) >= 11 is 4.93. The minimum atomic E-state index is 0.461. The quantitative estimate of drug-likeness (QED) is 0.690. The van der Waals surface area contributed by atoms with Crippen molar-refractivity contribution >= 4 is 12.2 Å². The summed E-state index contributed by atoms with van der Waals surface area (Å²) in [5, 5.41) is 5.71. The highest BCUT2D eigenvalue weighted by Gasteiger charge is 2.02. The summed E-state index contributed by atoms with van der Waals surface area (Å²) in [6.07, 6.45) is 3.57. The van der Waals surface area contributed by atoms with Crippen LogP contribution in [0, 0.1) is 4.77 Å². The van der Waals surface area contributed by atoms with Crippen molar-refractivity contribution in [3.05, 3.63) is 53.6 Å². The van der Waals surface area contributed by atoms with Crippen molar-refractivity contribution in [1.29, 1.82) is 0 Å². The zero-order valence-electron chi connectivity index (χ0n) is 9.42. The molecule has 88 valence electrons. The Kier molecular flexibility index (Phi) is 2.74. The molecule has 0 atom stereocenters. The van der Waals surface area contributed by atoms with Crippen molar-refractivity contribution in [3.8, 4) is 22.5 Å². The summed E-state index contributed by atoms with van der Waals surface area (Å²) in [7, 11) is 0. The average Bonchev–Trinajstić information content (AvgIpc) is 2.87. The van der Waals surface area contributed by atoms with Crippen LogP contribution in [0.5, 0.6) is 0 Å². The van der Waals surface area contributed by atoms with Gasteiger partial charge in [-0.1, -0.05) is 24.3 Å². The van der Waals surface area contributed by atoms with E-state index in [-0.39, 0.29) is 0 Å². The van der Waals surface area contributed by atoms with Crippen LogP contribution in [0.3, 0.4) is 0 Å². The first-order valence-electron chi connectivity index (χ1n) is 5.48. The van der Waals surface area contributed by atoms with E-state index in [0.29, 0.717) is 4.77 Å². The van der Waals surface area contributed by atoms with Crippen LogP contribution in [0.4, 0.5) is 0 Å². The van der Waals surface area contributed by atoms with Gasteiger partial charge in [0.15, 0.2) is 5.82 Å². The Balaban J connectivity index is 1.97. The van der Waals surface area contributed by atoms with Crippen LogP contribution >= 0.6 is 12.2 Å². The fourth-order valence-corrected chi connectivity index (χ4v) is 1.91. The first-order chi connectivity index (χ1) is 8.83. The smallest absolute Gasteiger partial charge is 0.213 e. The SMILES string of the molecule is S=c1nc(-c2ccc(-c3ccncc3)cc2)[nH][nH]1. The number of aromatic nitrogens is 4. The van der Waals surface area contributed by atoms with Gasteiger partial charge in [0.1, 0.15) is 0 Å². The number of H-pyrrole nitrogens is 2. The average molecular weight is 254 g/mol. The molecule has 0 aliphatic carbocycles. The van der Waals surface area contributed by atoms with E-state index in [1.165, 1.54) is 0 Å². The van der Waals surface area contributed by atoms with Gasteiger partial charge in [0.05, 0.1) is 0 Å².